The zero-order valence-electron chi connectivity index (χ0n) is 11.4. The fourth-order valence-corrected chi connectivity index (χ4v) is 1.94. The molecule has 1 saturated heterocycles. The van der Waals surface area contributed by atoms with Crippen LogP contribution in [0.2, 0.25) is 0 Å². The van der Waals surface area contributed by atoms with Crippen LogP contribution >= 0.6 is 0 Å². The van der Waals surface area contributed by atoms with E-state index in [0.29, 0.717) is 0 Å². The summed E-state index contributed by atoms with van der Waals surface area (Å²) in [6, 6.07) is 8.54. The summed E-state index contributed by atoms with van der Waals surface area (Å²) in [6.07, 6.45) is 0.338. The molecule has 3 heteroatoms. The van der Waals surface area contributed by atoms with E-state index in [0.717, 1.165) is 5.46 Å². The fraction of sp³-hybridized carbons (Fsp3) is 0.571. The van der Waals surface area contributed by atoms with Crippen molar-refractivity contribution in [3.8, 4) is 0 Å². The Morgan fingerprint density at radius 1 is 0.941 bits per heavy atom. The minimum absolute atomic E-state index is 0.169. The standard InChI is InChI=1S/C14H21BO2/c1-10-11(2)17-15(16-10)13-8-6-12(7-9-13)14(3,4)5/h6-11H,1-5H3. The van der Waals surface area contributed by atoms with Crippen molar-refractivity contribution in [3.05, 3.63) is 29.8 Å². The molecule has 17 heavy (non-hydrogen) atoms. The molecule has 2 unspecified atom stereocenters. The molecule has 0 aromatic heterocycles. The molecule has 0 amide bonds. The third kappa shape index (κ3) is 2.72. The molecule has 1 heterocycles. The number of hydrogen-bond donors (Lipinski definition) is 0. The normalized spacial score (nSPS) is 25.4. The Hall–Kier alpha value is -0.795. The van der Waals surface area contributed by atoms with Gasteiger partial charge < -0.3 is 9.31 Å². The van der Waals surface area contributed by atoms with Crippen molar-refractivity contribution in [1.29, 1.82) is 0 Å². The number of benzene rings is 1. The lowest BCUT2D eigenvalue weighted by molar-refractivity contribution is 0.187. The largest absolute Gasteiger partial charge is 0.494 e. The summed E-state index contributed by atoms with van der Waals surface area (Å²) in [6.45, 7) is 10.8. The second-order valence-electron chi connectivity index (χ2n) is 5.89. The van der Waals surface area contributed by atoms with Gasteiger partial charge in [0, 0.05) is 0 Å². The van der Waals surface area contributed by atoms with Gasteiger partial charge in [-0.2, -0.15) is 0 Å². The van der Waals surface area contributed by atoms with Crippen molar-refractivity contribution in [2.24, 2.45) is 0 Å². The third-order valence-electron chi connectivity index (χ3n) is 3.39. The molecule has 2 rings (SSSR count). The van der Waals surface area contributed by atoms with E-state index in [9.17, 15) is 0 Å². The highest BCUT2D eigenvalue weighted by molar-refractivity contribution is 6.61. The maximum Gasteiger partial charge on any atom is 0.494 e. The van der Waals surface area contributed by atoms with Crippen molar-refractivity contribution < 1.29 is 9.31 Å². The molecule has 0 radical (unpaired) electrons. The molecule has 2 nitrogen and oxygen atoms in total. The van der Waals surface area contributed by atoms with Crippen LogP contribution in [0, 0.1) is 0 Å². The smallest absolute Gasteiger partial charge is 0.402 e. The Morgan fingerprint density at radius 2 is 1.41 bits per heavy atom. The van der Waals surface area contributed by atoms with E-state index in [1.807, 2.05) is 13.8 Å². The summed E-state index contributed by atoms with van der Waals surface area (Å²) in [5.74, 6) is 0. The molecule has 0 saturated carbocycles. The Labute approximate surface area is 104 Å². The maximum atomic E-state index is 5.76. The lowest BCUT2D eigenvalue weighted by atomic mass is 9.77. The van der Waals surface area contributed by atoms with Gasteiger partial charge in [0.1, 0.15) is 0 Å². The third-order valence-corrected chi connectivity index (χ3v) is 3.39. The van der Waals surface area contributed by atoms with Crippen LogP contribution in [0.5, 0.6) is 0 Å². The van der Waals surface area contributed by atoms with Gasteiger partial charge in [0.25, 0.3) is 0 Å². The van der Waals surface area contributed by atoms with Crippen LogP contribution in [-0.4, -0.2) is 19.3 Å². The molecule has 1 aliphatic rings. The van der Waals surface area contributed by atoms with Gasteiger partial charge in [0.15, 0.2) is 0 Å². The topological polar surface area (TPSA) is 18.5 Å². The minimum atomic E-state index is -0.200. The van der Waals surface area contributed by atoms with E-state index in [-0.39, 0.29) is 24.7 Å². The highest BCUT2D eigenvalue weighted by Gasteiger charge is 2.35. The quantitative estimate of drug-likeness (QED) is 0.692. The second-order valence-corrected chi connectivity index (χ2v) is 5.89. The van der Waals surface area contributed by atoms with Gasteiger partial charge in [0.05, 0.1) is 12.2 Å². The molecule has 0 aliphatic carbocycles. The van der Waals surface area contributed by atoms with Crippen LogP contribution < -0.4 is 5.46 Å². The summed E-state index contributed by atoms with van der Waals surface area (Å²) in [5.41, 5.74) is 2.63. The first-order chi connectivity index (χ1) is 7.88. The van der Waals surface area contributed by atoms with Gasteiger partial charge >= 0.3 is 7.12 Å². The summed E-state index contributed by atoms with van der Waals surface area (Å²) < 4.78 is 11.5. The SMILES string of the molecule is CC1OB(c2ccc(C(C)(C)C)cc2)OC1C. The predicted molar refractivity (Wildman–Crippen MR) is 71.6 cm³/mol. The van der Waals surface area contributed by atoms with Gasteiger partial charge in [-0.3, -0.25) is 0 Å². The zero-order chi connectivity index (χ0) is 12.6. The zero-order valence-corrected chi connectivity index (χ0v) is 11.4. The van der Waals surface area contributed by atoms with Crippen molar-refractivity contribution in [2.45, 2.75) is 52.2 Å². The number of rotatable bonds is 1. The molecule has 0 bridgehead atoms. The van der Waals surface area contributed by atoms with E-state index in [1.165, 1.54) is 5.56 Å². The van der Waals surface area contributed by atoms with E-state index >= 15 is 0 Å². The average Bonchev–Trinajstić information content (AvgIpc) is 2.58. The van der Waals surface area contributed by atoms with Gasteiger partial charge in [0.2, 0.25) is 0 Å². The van der Waals surface area contributed by atoms with Crippen molar-refractivity contribution in [3.63, 3.8) is 0 Å². The van der Waals surface area contributed by atoms with Crippen LogP contribution in [0.25, 0.3) is 0 Å². The van der Waals surface area contributed by atoms with Crippen LogP contribution in [0.1, 0.15) is 40.2 Å². The molecule has 92 valence electrons. The molecular formula is C14H21BO2. The Kier molecular flexibility index (Phi) is 3.33. The lowest BCUT2D eigenvalue weighted by Gasteiger charge is -2.19. The Balaban J connectivity index is 2.14. The summed E-state index contributed by atoms with van der Waals surface area (Å²) in [5, 5.41) is 0. The molecule has 0 spiro atoms. The van der Waals surface area contributed by atoms with E-state index in [4.69, 9.17) is 9.31 Å². The van der Waals surface area contributed by atoms with E-state index in [1.54, 1.807) is 0 Å². The lowest BCUT2D eigenvalue weighted by Crippen LogP contribution is -2.32. The molecule has 1 fully saturated rings. The first-order valence-corrected chi connectivity index (χ1v) is 6.29. The average molecular weight is 232 g/mol. The van der Waals surface area contributed by atoms with Gasteiger partial charge in [-0.25, -0.2) is 0 Å². The summed E-state index contributed by atoms with van der Waals surface area (Å²) in [7, 11) is -0.200. The van der Waals surface area contributed by atoms with Crippen LogP contribution in [0.3, 0.4) is 0 Å². The molecule has 1 aromatic carbocycles. The van der Waals surface area contributed by atoms with Crippen LogP contribution in [0.4, 0.5) is 0 Å². The van der Waals surface area contributed by atoms with Crippen LogP contribution in [-0.2, 0) is 14.7 Å². The number of hydrogen-bond acceptors (Lipinski definition) is 2. The molecule has 0 N–H and O–H groups in total. The highest BCUT2D eigenvalue weighted by Crippen LogP contribution is 2.21. The monoisotopic (exact) mass is 232 g/mol. The van der Waals surface area contributed by atoms with Crippen molar-refractivity contribution in [2.75, 3.05) is 0 Å². The molecule has 2 atom stereocenters. The summed E-state index contributed by atoms with van der Waals surface area (Å²) in [4.78, 5) is 0. The van der Waals surface area contributed by atoms with Crippen molar-refractivity contribution >= 4 is 12.6 Å². The molecule has 1 aromatic rings. The predicted octanol–water partition coefficient (Wildman–Crippen LogP) is 2.50. The Bertz CT molecular complexity index is 370. The fourth-order valence-electron chi connectivity index (χ4n) is 1.94. The van der Waals surface area contributed by atoms with Gasteiger partial charge in [-0.15, -0.1) is 0 Å². The molecule has 1 aliphatic heterocycles. The molecular weight excluding hydrogens is 211 g/mol. The van der Waals surface area contributed by atoms with E-state index < -0.39 is 0 Å². The Morgan fingerprint density at radius 3 is 1.82 bits per heavy atom. The first kappa shape index (κ1) is 12.7. The summed E-state index contributed by atoms with van der Waals surface area (Å²) >= 11 is 0. The highest BCUT2D eigenvalue weighted by atomic mass is 16.7. The first-order valence-electron chi connectivity index (χ1n) is 6.29. The van der Waals surface area contributed by atoms with Crippen molar-refractivity contribution in [1.82, 2.24) is 0 Å². The second kappa shape index (κ2) is 4.47. The minimum Gasteiger partial charge on any atom is -0.402 e. The van der Waals surface area contributed by atoms with Gasteiger partial charge in [-0.05, 0) is 30.3 Å². The van der Waals surface area contributed by atoms with E-state index in [2.05, 4.69) is 45.0 Å². The van der Waals surface area contributed by atoms with Gasteiger partial charge in [-0.1, -0.05) is 45.0 Å². The maximum absolute atomic E-state index is 5.76. The van der Waals surface area contributed by atoms with Crippen LogP contribution in [0.15, 0.2) is 24.3 Å².